The number of fused-ring (bicyclic) bond motifs is 1. The van der Waals surface area contributed by atoms with E-state index in [1.54, 1.807) is 0 Å². The molecule has 3 aromatic rings. The first kappa shape index (κ1) is 22.6. The third-order valence-electron chi connectivity index (χ3n) is 4.88. The zero-order valence-electron chi connectivity index (χ0n) is 17.8. The molecule has 0 aliphatic carbocycles. The lowest BCUT2D eigenvalue weighted by Crippen LogP contribution is -2.42. The number of H-pyrrole nitrogens is 1. The predicted molar refractivity (Wildman–Crippen MR) is 126 cm³/mol. The van der Waals surface area contributed by atoms with Gasteiger partial charge in [0.2, 0.25) is 5.91 Å². The fourth-order valence-electron chi connectivity index (χ4n) is 3.30. The largest absolute Gasteiger partial charge is 0.383 e. The van der Waals surface area contributed by atoms with Crippen LogP contribution in [0.3, 0.4) is 0 Å². The number of nitrogens with zero attached hydrogens (tertiary/aromatic N) is 3. The zero-order valence-corrected chi connectivity index (χ0v) is 18.6. The number of carbonyl (C=O) groups excluding carboxylic acids is 1. The van der Waals surface area contributed by atoms with Crippen LogP contribution in [0.4, 0.5) is 11.5 Å². The fraction of sp³-hybridized carbons (Fsp3) is 0.364. The highest BCUT2D eigenvalue weighted by molar-refractivity contribution is 7.99. The number of carbonyl (C=O) groups is 1. The molecule has 0 saturated heterocycles. The second-order valence-corrected chi connectivity index (χ2v) is 8.17. The first-order chi connectivity index (χ1) is 15.0. The van der Waals surface area contributed by atoms with Gasteiger partial charge >= 0.3 is 5.69 Å². The molecule has 0 radical (unpaired) electrons. The van der Waals surface area contributed by atoms with E-state index in [9.17, 15) is 14.4 Å². The summed E-state index contributed by atoms with van der Waals surface area (Å²) in [4.78, 5) is 46.1. The molecular formula is C22H27N5O3S. The number of nitrogens with two attached hydrogens (primary N) is 1. The summed E-state index contributed by atoms with van der Waals surface area (Å²) in [6.07, 6.45) is 2.22. The Kier molecular flexibility index (Phi) is 7.51. The first-order valence-electron chi connectivity index (χ1n) is 10.4. The molecule has 0 spiro atoms. The number of thioether (sulfide) groups is 1. The summed E-state index contributed by atoms with van der Waals surface area (Å²) < 4.78 is 1.31. The number of benzene rings is 1. The monoisotopic (exact) mass is 441 g/mol. The van der Waals surface area contributed by atoms with Crippen molar-refractivity contribution in [2.24, 2.45) is 0 Å². The topological polar surface area (TPSA) is 114 Å². The number of pyridine rings is 1. The molecule has 1 amide bonds. The summed E-state index contributed by atoms with van der Waals surface area (Å²) in [6, 6.07) is 11.6. The molecule has 1 aromatic carbocycles. The van der Waals surface area contributed by atoms with Crippen LogP contribution in [0.2, 0.25) is 0 Å². The molecule has 8 nitrogen and oxygen atoms in total. The SMILES string of the molecule is CCCCN(C(=O)CSc1ccc2ccccc2n1)c1c(N)n(CCC)c(=O)[nH]c1=O. The molecule has 9 heteroatoms. The summed E-state index contributed by atoms with van der Waals surface area (Å²) >= 11 is 1.31. The van der Waals surface area contributed by atoms with Crippen molar-refractivity contribution in [3.05, 3.63) is 57.2 Å². The van der Waals surface area contributed by atoms with Gasteiger partial charge in [-0.05, 0) is 25.0 Å². The van der Waals surface area contributed by atoms with Gasteiger partial charge in [-0.25, -0.2) is 9.78 Å². The number of rotatable bonds is 9. The molecule has 0 saturated carbocycles. The van der Waals surface area contributed by atoms with E-state index in [4.69, 9.17) is 5.73 Å². The van der Waals surface area contributed by atoms with Crippen LogP contribution in [0.25, 0.3) is 10.9 Å². The number of unbranched alkanes of at least 4 members (excludes halogenated alkanes) is 1. The van der Waals surface area contributed by atoms with Gasteiger partial charge < -0.3 is 10.6 Å². The van der Waals surface area contributed by atoms with E-state index in [0.29, 0.717) is 25.9 Å². The van der Waals surface area contributed by atoms with Crippen molar-refractivity contribution in [1.82, 2.24) is 14.5 Å². The lowest BCUT2D eigenvalue weighted by Gasteiger charge is -2.24. The van der Waals surface area contributed by atoms with Crippen molar-refractivity contribution in [2.45, 2.75) is 44.7 Å². The molecule has 0 bridgehead atoms. The van der Waals surface area contributed by atoms with Crippen molar-refractivity contribution < 1.29 is 4.79 Å². The molecule has 0 atom stereocenters. The van der Waals surface area contributed by atoms with E-state index >= 15 is 0 Å². The molecule has 31 heavy (non-hydrogen) atoms. The van der Waals surface area contributed by atoms with E-state index in [1.807, 2.05) is 50.2 Å². The van der Waals surface area contributed by atoms with Crippen molar-refractivity contribution >= 4 is 40.1 Å². The van der Waals surface area contributed by atoms with Gasteiger partial charge in [0.25, 0.3) is 5.56 Å². The Morgan fingerprint density at radius 3 is 2.68 bits per heavy atom. The van der Waals surface area contributed by atoms with E-state index in [0.717, 1.165) is 22.3 Å². The number of anilines is 2. The highest BCUT2D eigenvalue weighted by Crippen LogP contribution is 2.23. The molecule has 164 valence electrons. The number of hydrogen-bond acceptors (Lipinski definition) is 6. The molecule has 3 N–H and O–H groups in total. The molecule has 0 fully saturated rings. The van der Waals surface area contributed by atoms with Crippen LogP contribution in [0, 0.1) is 0 Å². The lowest BCUT2D eigenvalue weighted by atomic mass is 10.2. The predicted octanol–water partition coefficient (Wildman–Crippen LogP) is 3.00. The summed E-state index contributed by atoms with van der Waals surface area (Å²) in [7, 11) is 0. The van der Waals surface area contributed by atoms with Gasteiger partial charge in [-0.2, -0.15) is 0 Å². The Balaban J connectivity index is 1.88. The normalized spacial score (nSPS) is 11.0. The number of aromatic nitrogens is 3. The van der Waals surface area contributed by atoms with Crippen LogP contribution in [-0.4, -0.2) is 32.7 Å². The summed E-state index contributed by atoms with van der Waals surface area (Å²) in [5, 5.41) is 1.75. The third-order valence-corrected chi connectivity index (χ3v) is 5.80. The van der Waals surface area contributed by atoms with Crippen LogP contribution in [0.15, 0.2) is 51.0 Å². The molecule has 0 aliphatic heterocycles. The van der Waals surface area contributed by atoms with Crippen LogP contribution in [-0.2, 0) is 11.3 Å². The summed E-state index contributed by atoms with van der Waals surface area (Å²) in [5.74, 6) is -0.137. The highest BCUT2D eigenvalue weighted by atomic mass is 32.2. The Bertz CT molecular complexity index is 1190. The smallest absolute Gasteiger partial charge is 0.330 e. The summed E-state index contributed by atoms with van der Waals surface area (Å²) in [5.41, 5.74) is 5.87. The molecule has 0 unspecified atom stereocenters. The maximum Gasteiger partial charge on any atom is 0.330 e. The van der Waals surface area contributed by atoms with Gasteiger partial charge in [0.1, 0.15) is 5.82 Å². The Morgan fingerprint density at radius 2 is 1.94 bits per heavy atom. The minimum Gasteiger partial charge on any atom is -0.383 e. The number of para-hydroxylation sites is 1. The third kappa shape index (κ3) is 5.16. The second kappa shape index (κ2) is 10.3. The van der Waals surface area contributed by atoms with Gasteiger partial charge in [-0.3, -0.25) is 19.1 Å². The van der Waals surface area contributed by atoms with Crippen molar-refractivity contribution in [1.29, 1.82) is 0 Å². The summed E-state index contributed by atoms with van der Waals surface area (Å²) in [6.45, 7) is 4.62. The van der Waals surface area contributed by atoms with E-state index in [-0.39, 0.29) is 23.2 Å². The molecule has 2 aromatic heterocycles. The average molecular weight is 442 g/mol. The molecule has 0 aliphatic rings. The van der Waals surface area contributed by atoms with Crippen LogP contribution >= 0.6 is 11.8 Å². The first-order valence-corrected chi connectivity index (χ1v) is 11.4. The Hall–Kier alpha value is -3.07. The van der Waals surface area contributed by atoms with Gasteiger partial charge in [-0.15, -0.1) is 0 Å². The number of nitrogen functional groups attached to an aromatic ring is 1. The Labute approximate surface area is 184 Å². The second-order valence-electron chi connectivity index (χ2n) is 7.17. The van der Waals surface area contributed by atoms with Crippen LogP contribution in [0.1, 0.15) is 33.1 Å². The van der Waals surface area contributed by atoms with Gasteiger partial charge in [0.05, 0.1) is 16.3 Å². The molecular weight excluding hydrogens is 414 g/mol. The van der Waals surface area contributed by atoms with Gasteiger partial charge in [0.15, 0.2) is 5.69 Å². The Morgan fingerprint density at radius 1 is 1.16 bits per heavy atom. The van der Waals surface area contributed by atoms with Crippen LogP contribution < -0.4 is 21.9 Å². The highest BCUT2D eigenvalue weighted by Gasteiger charge is 2.24. The quantitative estimate of drug-likeness (QED) is 0.494. The van der Waals surface area contributed by atoms with E-state index in [1.165, 1.54) is 21.2 Å². The average Bonchev–Trinajstić information content (AvgIpc) is 2.77. The minimum atomic E-state index is -0.645. The number of aromatic amines is 1. The maximum absolute atomic E-state index is 13.1. The zero-order chi connectivity index (χ0) is 22.4. The van der Waals surface area contributed by atoms with Crippen molar-refractivity contribution in [2.75, 3.05) is 22.9 Å². The lowest BCUT2D eigenvalue weighted by molar-refractivity contribution is -0.116. The number of hydrogen-bond donors (Lipinski definition) is 2. The van der Waals surface area contributed by atoms with Crippen LogP contribution in [0.5, 0.6) is 0 Å². The number of nitrogens with one attached hydrogen (secondary N) is 1. The van der Waals surface area contributed by atoms with Gasteiger partial charge in [-0.1, -0.05) is 56.3 Å². The van der Waals surface area contributed by atoms with Crippen molar-refractivity contribution in [3.63, 3.8) is 0 Å². The van der Waals surface area contributed by atoms with E-state index < -0.39 is 11.2 Å². The maximum atomic E-state index is 13.1. The fourth-order valence-corrected chi connectivity index (χ4v) is 4.06. The van der Waals surface area contributed by atoms with Crippen molar-refractivity contribution in [3.8, 4) is 0 Å². The number of amides is 1. The van der Waals surface area contributed by atoms with E-state index in [2.05, 4.69) is 9.97 Å². The van der Waals surface area contributed by atoms with Gasteiger partial charge in [0, 0.05) is 18.5 Å². The minimum absolute atomic E-state index is 0.0221. The standard InChI is InChI=1S/C22H27N5O3S/c1-3-5-13-26(19-20(23)27(12-4-2)22(30)25-21(19)29)18(28)14-31-17-11-10-15-8-6-7-9-16(15)24-17/h6-11H,3-5,12-14,23H2,1-2H3,(H,25,29,30). The molecule has 2 heterocycles. The molecule has 3 rings (SSSR count).